The standard InChI is InChI=1S/C26H28F2N4O4/c27-20-7-6-17(14-21(20)28)15-23(33)31-11-8-18(9-12-31)26(22-5-1-2-10-29-22)24(34)32(25(35)30-26)16-19-4-3-13-36-19/h1-2,5-7,10,14,18-19H,3-4,8-9,11-13,15-16H2,(H,30,35)/t19-,26-/m0/s1. The van der Waals surface area contributed by atoms with Crippen molar-refractivity contribution in [1.82, 2.24) is 20.1 Å². The second kappa shape index (κ2) is 9.93. The molecule has 8 nitrogen and oxygen atoms in total. The summed E-state index contributed by atoms with van der Waals surface area (Å²) in [7, 11) is 0. The Morgan fingerprint density at radius 3 is 2.58 bits per heavy atom. The average Bonchev–Trinajstić information content (AvgIpc) is 3.50. The molecule has 3 aliphatic rings. The number of halogens is 2. The van der Waals surface area contributed by atoms with Crippen molar-refractivity contribution < 1.29 is 27.9 Å². The van der Waals surface area contributed by atoms with Crippen LogP contribution in [-0.2, 0) is 26.3 Å². The molecule has 3 fully saturated rings. The zero-order chi connectivity index (χ0) is 25.3. The minimum Gasteiger partial charge on any atom is -0.376 e. The van der Waals surface area contributed by atoms with Gasteiger partial charge in [-0.1, -0.05) is 12.1 Å². The van der Waals surface area contributed by atoms with Gasteiger partial charge in [-0.3, -0.25) is 19.5 Å². The van der Waals surface area contributed by atoms with Gasteiger partial charge in [-0.25, -0.2) is 13.6 Å². The van der Waals surface area contributed by atoms with Crippen molar-refractivity contribution in [3.63, 3.8) is 0 Å². The second-order valence-electron chi connectivity index (χ2n) is 9.58. The third-order valence-electron chi connectivity index (χ3n) is 7.41. The molecule has 5 rings (SSSR count). The van der Waals surface area contributed by atoms with Crippen molar-refractivity contribution in [2.75, 3.05) is 26.2 Å². The number of likely N-dealkylation sites (tertiary alicyclic amines) is 1. The van der Waals surface area contributed by atoms with E-state index in [4.69, 9.17) is 4.74 Å². The highest BCUT2D eigenvalue weighted by Gasteiger charge is 2.58. The number of hydrogen-bond acceptors (Lipinski definition) is 5. The fraction of sp³-hybridized carbons (Fsp3) is 0.462. The monoisotopic (exact) mass is 498 g/mol. The molecular weight excluding hydrogens is 470 g/mol. The summed E-state index contributed by atoms with van der Waals surface area (Å²) in [5, 5.41) is 2.96. The quantitative estimate of drug-likeness (QED) is 0.619. The second-order valence-corrected chi connectivity index (χ2v) is 9.58. The Bertz CT molecular complexity index is 1150. The summed E-state index contributed by atoms with van der Waals surface area (Å²) in [4.78, 5) is 47.1. The SMILES string of the molecule is O=C(Cc1ccc(F)c(F)c1)N1CCC([C@@]2(c3ccccn3)NC(=O)N(C[C@@H]3CCCO3)C2=O)CC1. The molecule has 1 aromatic carbocycles. The summed E-state index contributed by atoms with van der Waals surface area (Å²) >= 11 is 0. The van der Waals surface area contributed by atoms with Crippen LogP contribution in [0.5, 0.6) is 0 Å². The molecule has 0 unspecified atom stereocenters. The molecule has 3 aliphatic heterocycles. The van der Waals surface area contributed by atoms with E-state index in [9.17, 15) is 23.2 Å². The average molecular weight is 499 g/mol. The predicted molar refractivity (Wildman–Crippen MR) is 124 cm³/mol. The van der Waals surface area contributed by atoms with E-state index < -0.39 is 23.2 Å². The highest BCUT2D eigenvalue weighted by atomic mass is 19.2. The third kappa shape index (κ3) is 4.45. The number of benzene rings is 1. The number of piperidine rings is 1. The number of nitrogens with one attached hydrogen (secondary N) is 1. The first-order valence-electron chi connectivity index (χ1n) is 12.3. The van der Waals surface area contributed by atoms with E-state index in [0.717, 1.165) is 25.0 Å². The molecule has 0 bridgehead atoms. The molecule has 4 heterocycles. The van der Waals surface area contributed by atoms with Crippen LogP contribution in [0.2, 0.25) is 0 Å². The first kappa shape index (κ1) is 24.3. The molecular formula is C26H28F2N4O4. The van der Waals surface area contributed by atoms with Gasteiger partial charge in [0.2, 0.25) is 5.91 Å². The van der Waals surface area contributed by atoms with E-state index in [1.165, 1.54) is 11.0 Å². The van der Waals surface area contributed by atoms with E-state index in [-0.39, 0.29) is 36.8 Å². The highest BCUT2D eigenvalue weighted by molar-refractivity contribution is 6.07. The molecule has 190 valence electrons. The van der Waals surface area contributed by atoms with Crippen LogP contribution in [-0.4, -0.2) is 65.0 Å². The zero-order valence-corrected chi connectivity index (χ0v) is 19.8. The van der Waals surface area contributed by atoms with E-state index >= 15 is 0 Å². The van der Waals surface area contributed by atoms with Crippen LogP contribution >= 0.6 is 0 Å². The Labute approximate surface area is 207 Å². The molecule has 3 saturated heterocycles. The normalized spacial score (nSPS) is 24.9. The van der Waals surface area contributed by atoms with Crippen LogP contribution in [0.15, 0.2) is 42.6 Å². The fourth-order valence-corrected chi connectivity index (χ4v) is 5.51. The minimum absolute atomic E-state index is 0.0436. The summed E-state index contributed by atoms with van der Waals surface area (Å²) in [5.74, 6) is -2.75. The zero-order valence-electron chi connectivity index (χ0n) is 19.8. The van der Waals surface area contributed by atoms with Gasteiger partial charge >= 0.3 is 6.03 Å². The van der Waals surface area contributed by atoms with Crippen LogP contribution < -0.4 is 5.32 Å². The summed E-state index contributed by atoms with van der Waals surface area (Å²) in [6, 6.07) is 8.26. The molecule has 1 N–H and O–H groups in total. The molecule has 10 heteroatoms. The molecule has 0 saturated carbocycles. The molecule has 36 heavy (non-hydrogen) atoms. The van der Waals surface area contributed by atoms with E-state index in [1.54, 1.807) is 29.3 Å². The van der Waals surface area contributed by atoms with E-state index in [1.807, 2.05) is 0 Å². The molecule has 0 aliphatic carbocycles. The van der Waals surface area contributed by atoms with Gasteiger partial charge in [-0.2, -0.15) is 0 Å². The molecule has 0 spiro atoms. The van der Waals surface area contributed by atoms with Crippen molar-refractivity contribution in [2.45, 2.75) is 43.7 Å². The van der Waals surface area contributed by atoms with Crippen LogP contribution in [0.3, 0.4) is 0 Å². The Kier molecular flexibility index (Phi) is 6.70. The van der Waals surface area contributed by atoms with Crippen molar-refractivity contribution in [3.05, 3.63) is 65.5 Å². The summed E-state index contributed by atoms with van der Waals surface area (Å²) < 4.78 is 32.4. The number of imide groups is 1. The summed E-state index contributed by atoms with van der Waals surface area (Å²) in [5.41, 5.74) is -0.439. The molecule has 4 amide bonds. The maximum absolute atomic E-state index is 13.8. The van der Waals surface area contributed by atoms with Crippen LogP contribution in [0.1, 0.15) is 36.9 Å². The van der Waals surface area contributed by atoms with Crippen LogP contribution in [0.25, 0.3) is 0 Å². The number of pyridine rings is 1. The number of carbonyl (C=O) groups is 3. The topological polar surface area (TPSA) is 91.8 Å². The highest BCUT2D eigenvalue weighted by Crippen LogP contribution is 2.41. The maximum Gasteiger partial charge on any atom is 0.325 e. The van der Waals surface area contributed by atoms with Crippen molar-refractivity contribution >= 4 is 17.8 Å². The Balaban J connectivity index is 1.32. The lowest BCUT2D eigenvalue weighted by Gasteiger charge is -2.40. The fourth-order valence-electron chi connectivity index (χ4n) is 5.51. The van der Waals surface area contributed by atoms with Gasteiger partial charge in [0.05, 0.1) is 24.8 Å². The molecule has 2 aromatic rings. The lowest BCUT2D eigenvalue weighted by molar-refractivity contribution is -0.137. The summed E-state index contributed by atoms with van der Waals surface area (Å²) in [6.45, 7) is 1.56. The Hall–Kier alpha value is -3.40. The molecule has 2 atom stereocenters. The molecule has 1 aromatic heterocycles. The number of ether oxygens (including phenoxy) is 1. The lowest BCUT2D eigenvalue weighted by atomic mass is 9.75. The van der Waals surface area contributed by atoms with E-state index in [0.29, 0.717) is 43.8 Å². The van der Waals surface area contributed by atoms with Crippen LogP contribution in [0, 0.1) is 17.6 Å². The first-order chi connectivity index (χ1) is 17.4. The third-order valence-corrected chi connectivity index (χ3v) is 7.41. The van der Waals surface area contributed by atoms with Gasteiger partial charge in [-0.15, -0.1) is 0 Å². The van der Waals surface area contributed by atoms with Gasteiger partial charge in [0, 0.05) is 31.8 Å². The number of aromatic nitrogens is 1. The predicted octanol–water partition coefficient (Wildman–Crippen LogP) is 2.77. The Morgan fingerprint density at radius 1 is 1.11 bits per heavy atom. The lowest BCUT2D eigenvalue weighted by Crippen LogP contribution is -2.55. The maximum atomic E-state index is 13.8. The van der Waals surface area contributed by atoms with Gasteiger partial charge in [0.1, 0.15) is 0 Å². The minimum atomic E-state index is -1.31. The first-order valence-corrected chi connectivity index (χ1v) is 12.3. The number of urea groups is 1. The van der Waals surface area contributed by atoms with Crippen molar-refractivity contribution in [1.29, 1.82) is 0 Å². The smallest absolute Gasteiger partial charge is 0.325 e. The van der Waals surface area contributed by atoms with Gasteiger partial charge in [0.15, 0.2) is 17.2 Å². The Morgan fingerprint density at radius 2 is 1.92 bits per heavy atom. The van der Waals surface area contributed by atoms with Crippen molar-refractivity contribution in [2.24, 2.45) is 5.92 Å². The largest absolute Gasteiger partial charge is 0.376 e. The van der Waals surface area contributed by atoms with Crippen molar-refractivity contribution in [3.8, 4) is 0 Å². The van der Waals surface area contributed by atoms with Gasteiger partial charge in [-0.05, 0) is 55.5 Å². The number of rotatable bonds is 6. The number of hydrogen-bond donors (Lipinski definition) is 1. The molecule has 0 radical (unpaired) electrons. The van der Waals surface area contributed by atoms with Crippen LogP contribution in [0.4, 0.5) is 13.6 Å². The van der Waals surface area contributed by atoms with E-state index in [2.05, 4.69) is 10.3 Å². The van der Waals surface area contributed by atoms with Gasteiger partial charge in [0.25, 0.3) is 5.91 Å². The van der Waals surface area contributed by atoms with Gasteiger partial charge < -0.3 is 15.0 Å². The summed E-state index contributed by atoms with van der Waals surface area (Å²) in [6.07, 6.45) is 4.02. The number of carbonyl (C=O) groups excluding carboxylic acids is 3. The number of amides is 4. The number of nitrogens with zero attached hydrogens (tertiary/aromatic N) is 3.